The minimum Gasteiger partial charge on any atom is -0.405 e. The van der Waals surface area contributed by atoms with Gasteiger partial charge in [-0.25, -0.2) is 0 Å². The molecular formula is C22H28O3Si. The van der Waals surface area contributed by atoms with E-state index in [2.05, 4.69) is 69.3 Å². The van der Waals surface area contributed by atoms with Crippen LogP contribution in [0.5, 0.6) is 0 Å². The Morgan fingerprint density at radius 3 is 1.96 bits per heavy atom. The first-order valence-electron chi connectivity index (χ1n) is 9.32. The molecule has 0 aromatic heterocycles. The molecule has 138 valence electrons. The van der Waals surface area contributed by atoms with Crippen LogP contribution in [0.2, 0.25) is 5.04 Å². The maximum Gasteiger partial charge on any atom is 0.261 e. The molecule has 0 aliphatic carbocycles. The van der Waals surface area contributed by atoms with Crippen molar-refractivity contribution in [2.24, 2.45) is 0 Å². The molecule has 0 amide bonds. The summed E-state index contributed by atoms with van der Waals surface area (Å²) in [6, 6.07) is 21.2. The van der Waals surface area contributed by atoms with Crippen LogP contribution in [0.25, 0.3) is 0 Å². The van der Waals surface area contributed by atoms with E-state index < -0.39 is 8.32 Å². The van der Waals surface area contributed by atoms with E-state index in [1.165, 1.54) is 10.4 Å². The summed E-state index contributed by atoms with van der Waals surface area (Å²) < 4.78 is 12.6. The fourth-order valence-electron chi connectivity index (χ4n) is 3.80. The molecule has 3 rings (SSSR count). The zero-order valence-corrected chi connectivity index (χ0v) is 16.9. The quantitative estimate of drug-likeness (QED) is 0.760. The standard InChI is InChI=1S/C22H28O3Si/c1-22(2,3)26(20-10-6-4-7-11-20,21-12-8-5-9-13-21)25-17-19-15-14-18(23)16-24-19/h4-13,19H,14-17H2,1-3H3/t19-/m0/s1. The van der Waals surface area contributed by atoms with Gasteiger partial charge in [-0.1, -0.05) is 81.4 Å². The maximum absolute atomic E-state index is 11.5. The van der Waals surface area contributed by atoms with Gasteiger partial charge in [-0.05, 0) is 21.8 Å². The molecule has 0 spiro atoms. The van der Waals surface area contributed by atoms with Crippen molar-refractivity contribution >= 4 is 24.5 Å². The number of rotatable bonds is 5. The fourth-order valence-corrected chi connectivity index (χ4v) is 8.39. The van der Waals surface area contributed by atoms with Crippen molar-refractivity contribution < 1.29 is 14.0 Å². The van der Waals surface area contributed by atoms with Crippen LogP contribution in [0.3, 0.4) is 0 Å². The van der Waals surface area contributed by atoms with E-state index in [1.54, 1.807) is 0 Å². The Morgan fingerprint density at radius 2 is 1.54 bits per heavy atom. The summed E-state index contributed by atoms with van der Waals surface area (Å²) in [6.45, 7) is 7.55. The molecule has 1 saturated heterocycles. The van der Waals surface area contributed by atoms with Gasteiger partial charge in [0.15, 0.2) is 5.78 Å². The summed E-state index contributed by atoms with van der Waals surface area (Å²) in [4.78, 5) is 11.5. The van der Waals surface area contributed by atoms with Crippen LogP contribution < -0.4 is 10.4 Å². The topological polar surface area (TPSA) is 35.5 Å². The van der Waals surface area contributed by atoms with Gasteiger partial charge in [0.05, 0.1) is 12.7 Å². The Balaban J connectivity index is 1.99. The lowest BCUT2D eigenvalue weighted by Crippen LogP contribution is -2.67. The van der Waals surface area contributed by atoms with Gasteiger partial charge in [-0.2, -0.15) is 0 Å². The van der Waals surface area contributed by atoms with E-state index in [1.807, 2.05) is 12.1 Å². The van der Waals surface area contributed by atoms with Crippen LogP contribution >= 0.6 is 0 Å². The van der Waals surface area contributed by atoms with Crippen molar-refractivity contribution in [1.82, 2.24) is 0 Å². The lowest BCUT2D eigenvalue weighted by Gasteiger charge is -2.43. The number of hydrogen-bond acceptors (Lipinski definition) is 3. The Kier molecular flexibility index (Phi) is 5.75. The number of Topliss-reactive ketones (excluding diaryl/α,β-unsaturated/α-hetero) is 1. The normalized spacial score (nSPS) is 18.7. The molecule has 1 heterocycles. The van der Waals surface area contributed by atoms with Gasteiger partial charge in [0, 0.05) is 6.42 Å². The van der Waals surface area contributed by atoms with Gasteiger partial charge in [0.2, 0.25) is 0 Å². The number of hydrogen-bond donors (Lipinski definition) is 0. The lowest BCUT2D eigenvalue weighted by molar-refractivity contribution is -0.132. The van der Waals surface area contributed by atoms with Crippen molar-refractivity contribution in [1.29, 1.82) is 0 Å². The second-order valence-electron chi connectivity index (χ2n) is 7.98. The van der Waals surface area contributed by atoms with E-state index in [0.29, 0.717) is 13.0 Å². The molecule has 1 fully saturated rings. The van der Waals surface area contributed by atoms with E-state index >= 15 is 0 Å². The number of ketones is 1. The third kappa shape index (κ3) is 3.82. The van der Waals surface area contributed by atoms with Gasteiger partial charge in [-0.3, -0.25) is 4.79 Å². The SMILES string of the molecule is CC(C)(C)[Si](OC[C@@H]1CCC(=O)CO1)(c1ccccc1)c1ccccc1. The van der Waals surface area contributed by atoms with Crippen molar-refractivity contribution in [2.45, 2.75) is 44.8 Å². The summed E-state index contributed by atoms with van der Waals surface area (Å²) in [5.41, 5.74) is 0. The summed E-state index contributed by atoms with van der Waals surface area (Å²) in [5.74, 6) is 0.187. The number of carbonyl (C=O) groups excluding carboxylic acids is 1. The molecule has 0 saturated carbocycles. The van der Waals surface area contributed by atoms with E-state index in [-0.39, 0.29) is 23.5 Å². The molecule has 0 bridgehead atoms. The minimum absolute atomic E-state index is 0.00523. The molecule has 0 N–H and O–H groups in total. The van der Waals surface area contributed by atoms with E-state index in [0.717, 1.165) is 6.42 Å². The third-order valence-electron chi connectivity index (χ3n) is 5.13. The second kappa shape index (κ2) is 7.87. The summed E-state index contributed by atoms with van der Waals surface area (Å²) in [5, 5.41) is 2.50. The van der Waals surface area contributed by atoms with Gasteiger partial charge < -0.3 is 9.16 Å². The van der Waals surface area contributed by atoms with Gasteiger partial charge >= 0.3 is 0 Å². The van der Waals surface area contributed by atoms with Crippen LogP contribution in [0.4, 0.5) is 0 Å². The Bertz CT molecular complexity index is 673. The summed E-state index contributed by atoms with van der Waals surface area (Å²) in [6.07, 6.45) is 1.33. The first-order valence-corrected chi connectivity index (χ1v) is 11.2. The van der Waals surface area contributed by atoms with Crippen LogP contribution in [0.15, 0.2) is 60.7 Å². The van der Waals surface area contributed by atoms with Crippen LogP contribution in [0.1, 0.15) is 33.6 Å². The van der Waals surface area contributed by atoms with Gasteiger partial charge in [0.1, 0.15) is 6.61 Å². The zero-order chi connectivity index (χ0) is 18.6. The predicted molar refractivity (Wildman–Crippen MR) is 108 cm³/mol. The molecule has 0 unspecified atom stereocenters. The van der Waals surface area contributed by atoms with Crippen molar-refractivity contribution in [3.63, 3.8) is 0 Å². The molecule has 1 aliphatic rings. The average molecular weight is 369 g/mol. The Hall–Kier alpha value is -1.75. The third-order valence-corrected chi connectivity index (χ3v) is 10.1. The summed E-state index contributed by atoms with van der Waals surface area (Å²) >= 11 is 0. The molecule has 1 aliphatic heterocycles. The second-order valence-corrected chi connectivity index (χ2v) is 12.3. The molecule has 4 heteroatoms. The Labute approximate surface area is 157 Å². The molecule has 2 aromatic rings. The van der Waals surface area contributed by atoms with E-state index in [9.17, 15) is 4.79 Å². The fraction of sp³-hybridized carbons (Fsp3) is 0.409. The van der Waals surface area contributed by atoms with E-state index in [4.69, 9.17) is 9.16 Å². The molecule has 2 aromatic carbocycles. The molecule has 1 atom stereocenters. The molecule has 3 nitrogen and oxygen atoms in total. The van der Waals surface area contributed by atoms with Crippen LogP contribution in [-0.2, 0) is 14.0 Å². The highest BCUT2D eigenvalue weighted by Gasteiger charge is 2.50. The first kappa shape index (κ1) is 19.0. The molecule has 26 heavy (non-hydrogen) atoms. The smallest absolute Gasteiger partial charge is 0.261 e. The molecule has 0 radical (unpaired) electrons. The maximum atomic E-state index is 11.5. The van der Waals surface area contributed by atoms with Gasteiger partial charge in [-0.15, -0.1) is 0 Å². The van der Waals surface area contributed by atoms with Crippen molar-refractivity contribution in [2.75, 3.05) is 13.2 Å². The largest absolute Gasteiger partial charge is 0.405 e. The van der Waals surface area contributed by atoms with Crippen LogP contribution in [0, 0.1) is 0 Å². The van der Waals surface area contributed by atoms with Crippen molar-refractivity contribution in [3.8, 4) is 0 Å². The highest BCUT2D eigenvalue weighted by molar-refractivity contribution is 6.99. The van der Waals surface area contributed by atoms with Gasteiger partial charge in [0.25, 0.3) is 8.32 Å². The number of carbonyl (C=O) groups is 1. The predicted octanol–water partition coefficient (Wildman–Crippen LogP) is 3.31. The average Bonchev–Trinajstić information content (AvgIpc) is 2.64. The number of benzene rings is 2. The van der Waals surface area contributed by atoms with Crippen LogP contribution in [-0.4, -0.2) is 33.4 Å². The first-order chi connectivity index (χ1) is 12.4. The molecular weight excluding hydrogens is 340 g/mol. The monoisotopic (exact) mass is 368 g/mol. The number of ether oxygens (including phenoxy) is 1. The lowest BCUT2D eigenvalue weighted by atomic mass is 10.1. The minimum atomic E-state index is -2.52. The van der Waals surface area contributed by atoms with Crippen molar-refractivity contribution in [3.05, 3.63) is 60.7 Å². The highest BCUT2D eigenvalue weighted by atomic mass is 28.4. The highest BCUT2D eigenvalue weighted by Crippen LogP contribution is 2.37. The summed E-state index contributed by atoms with van der Waals surface area (Å²) in [7, 11) is -2.52. The Morgan fingerprint density at radius 1 is 1.00 bits per heavy atom. The zero-order valence-electron chi connectivity index (χ0n) is 15.9.